The number of hydrogen-bond acceptors (Lipinski definition) is 3. The molecule has 2 rings (SSSR count). The van der Waals surface area contributed by atoms with Gasteiger partial charge in [-0.15, -0.1) is 0 Å². The zero-order valence-corrected chi connectivity index (χ0v) is 12.6. The molecule has 1 N–H and O–H groups in total. The van der Waals surface area contributed by atoms with Crippen molar-refractivity contribution in [2.45, 2.75) is 44.9 Å². The van der Waals surface area contributed by atoms with Crippen molar-refractivity contribution in [1.29, 1.82) is 0 Å². The van der Waals surface area contributed by atoms with E-state index in [1.54, 1.807) is 24.3 Å². The van der Waals surface area contributed by atoms with Gasteiger partial charge in [-0.3, -0.25) is 4.79 Å². The van der Waals surface area contributed by atoms with Crippen molar-refractivity contribution in [3.63, 3.8) is 0 Å². The summed E-state index contributed by atoms with van der Waals surface area (Å²) < 4.78 is 4.64. The zero-order valence-electron chi connectivity index (χ0n) is 12.6. The molecule has 21 heavy (non-hydrogen) atoms. The SMILES string of the molecule is COC(=O)c1ccc(NC(=O)CCC2CCCCC2)cc1. The topological polar surface area (TPSA) is 55.4 Å². The predicted molar refractivity (Wildman–Crippen MR) is 82.2 cm³/mol. The average Bonchev–Trinajstić information content (AvgIpc) is 2.54. The summed E-state index contributed by atoms with van der Waals surface area (Å²) in [5.41, 5.74) is 1.20. The van der Waals surface area contributed by atoms with Crippen molar-refractivity contribution in [3.05, 3.63) is 29.8 Å². The summed E-state index contributed by atoms with van der Waals surface area (Å²) in [6.07, 6.45) is 8.04. The zero-order chi connectivity index (χ0) is 15.1. The molecule has 0 radical (unpaired) electrons. The van der Waals surface area contributed by atoms with Gasteiger partial charge in [0.1, 0.15) is 0 Å². The van der Waals surface area contributed by atoms with Gasteiger partial charge in [0.05, 0.1) is 12.7 Å². The van der Waals surface area contributed by atoms with Crippen LogP contribution in [0.4, 0.5) is 5.69 Å². The van der Waals surface area contributed by atoms with E-state index >= 15 is 0 Å². The van der Waals surface area contributed by atoms with Gasteiger partial charge in [0.15, 0.2) is 0 Å². The minimum Gasteiger partial charge on any atom is -0.465 e. The van der Waals surface area contributed by atoms with Crippen LogP contribution in [0.1, 0.15) is 55.3 Å². The fourth-order valence-corrected chi connectivity index (χ4v) is 2.84. The van der Waals surface area contributed by atoms with Crippen LogP contribution in [-0.2, 0) is 9.53 Å². The van der Waals surface area contributed by atoms with Crippen molar-refractivity contribution in [2.75, 3.05) is 12.4 Å². The first-order valence-electron chi connectivity index (χ1n) is 7.67. The molecule has 4 nitrogen and oxygen atoms in total. The monoisotopic (exact) mass is 289 g/mol. The van der Waals surface area contributed by atoms with Crippen molar-refractivity contribution < 1.29 is 14.3 Å². The highest BCUT2D eigenvalue weighted by Gasteiger charge is 2.15. The Bertz CT molecular complexity index is 475. The third kappa shape index (κ3) is 4.88. The number of carbonyl (C=O) groups is 2. The third-order valence-electron chi connectivity index (χ3n) is 4.09. The largest absolute Gasteiger partial charge is 0.465 e. The van der Waals surface area contributed by atoms with E-state index in [0.29, 0.717) is 17.9 Å². The quantitative estimate of drug-likeness (QED) is 0.839. The number of carbonyl (C=O) groups excluding carboxylic acids is 2. The first-order valence-corrected chi connectivity index (χ1v) is 7.67. The fourth-order valence-electron chi connectivity index (χ4n) is 2.84. The van der Waals surface area contributed by atoms with Crippen LogP contribution in [0.2, 0.25) is 0 Å². The number of anilines is 1. The first-order chi connectivity index (χ1) is 10.2. The Hall–Kier alpha value is -1.84. The summed E-state index contributed by atoms with van der Waals surface area (Å²) in [4.78, 5) is 23.2. The molecule has 4 heteroatoms. The van der Waals surface area contributed by atoms with Crippen LogP contribution < -0.4 is 5.32 Å². The highest BCUT2D eigenvalue weighted by atomic mass is 16.5. The Morgan fingerprint density at radius 2 is 1.81 bits per heavy atom. The molecule has 1 aliphatic carbocycles. The van der Waals surface area contributed by atoms with E-state index in [2.05, 4.69) is 10.1 Å². The first kappa shape index (κ1) is 15.5. The van der Waals surface area contributed by atoms with E-state index in [9.17, 15) is 9.59 Å². The van der Waals surface area contributed by atoms with E-state index in [1.165, 1.54) is 39.2 Å². The molecule has 1 aliphatic rings. The highest BCUT2D eigenvalue weighted by Crippen LogP contribution is 2.27. The minimum absolute atomic E-state index is 0.0476. The van der Waals surface area contributed by atoms with Gasteiger partial charge in [-0.25, -0.2) is 4.79 Å². The molecular formula is C17H23NO3. The number of rotatable bonds is 5. The molecule has 1 aromatic carbocycles. The van der Waals surface area contributed by atoms with Crippen LogP contribution in [0, 0.1) is 5.92 Å². The lowest BCUT2D eigenvalue weighted by Gasteiger charge is -2.20. The van der Waals surface area contributed by atoms with Gasteiger partial charge in [-0.2, -0.15) is 0 Å². The number of ether oxygens (including phenoxy) is 1. The van der Waals surface area contributed by atoms with Crippen molar-refractivity contribution in [3.8, 4) is 0 Å². The number of hydrogen-bond donors (Lipinski definition) is 1. The molecule has 0 saturated heterocycles. The van der Waals surface area contributed by atoms with Crippen molar-refractivity contribution >= 4 is 17.6 Å². The maximum atomic E-state index is 11.9. The van der Waals surface area contributed by atoms with Crippen molar-refractivity contribution in [1.82, 2.24) is 0 Å². The summed E-state index contributed by atoms with van der Waals surface area (Å²) in [6, 6.07) is 6.76. The smallest absolute Gasteiger partial charge is 0.337 e. The number of esters is 1. The Labute approximate surface area is 125 Å². The lowest BCUT2D eigenvalue weighted by atomic mass is 9.86. The van der Waals surface area contributed by atoms with E-state index in [-0.39, 0.29) is 11.9 Å². The van der Waals surface area contributed by atoms with Crippen LogP contribution in [0.3, 0.4) is 0 Å². The van der Waals surface area contributed by atoms with E-state index < -0.39 is 0 Å². The molecule has 1 amide bonds. The second kappa shape index (κ2) is 7.81. The van der Waals surface area contributed by atoms with Crippen LogP contribution in [0.5, 0.6) is 0 Å². The number of amides is 1. The van der Waals surface area contributed by atoms with Crippen LogP contribution in [0.15, 0.2) is 24.3 Å². The Morgan fingerprint density at radius 1 is 1.14 bits per heavy atom. The van der Waals surface area contributed by atoms with E-state index in [1.807, 2.05) is 0 Å². The normalized spacial score (nSPS) is 15.5. The third-order valence-corrected chi connectivity index (χ3v) is 4.09. The molecule has 1 aromatic rings. The van der Waals surface area contributed by atoms with Gasteiger partial charge in [-0.1, -0.05) is 32.1 Å². The van der Waals surface area contributed by atoms with E-state index in [0.717, 1.165) is 12.1 Å². The second-order valence-electron chi connectivity index (χ2n) is 5.66. The summed E-state index contributed by atoms with van der Waals surface area (Å²) in [6.45, 7) is 0. The van der Waals surface area contributed by atoms with E-state index in [4.69, 9.17) is 0 Å². The van der Waals surface area contributed by atoms with Crippen LogP contribution in [0.25, 0.3) is 0 Å². The molecule has 114 valence electrons. The molecule has 1 saturated carbocycles. The Balaban J connectivity index is 1.77. The average molecular weight is 289 g/mol. The minimum atomic E-state index is -0.370. The lowest BCUT2D eigenvalue weighted by Crippen LogP contribution is -2.15. The maximum Gasteiger partial charge on any atom is 0.337 e. The molecular weight excluding hydrogens is 266 g/mol. The Morgan fingerprint density at radius 3 is 2.43 bits per heavy atom. The van der Waals surface area contributed by atoms with Gasteiger partial charge in [0.2, 0.25) is 5.91 Å². The summed E-state index contributed by atoms with van der Waals surface area (Å²) in [5, 5.41) is 2.87. The maximum absolute atomic E-state index is 11.9. The highest BCUT2D eigenvalue weighted by molar-refractivity contribution is 5.93. The molecule has 0 heterocycles. The number of methoxy groups -OCH3 is 1. The van der Waals surface area contributed by atoms with Gasteiger partial charge in [0, 0.05) is 12.1 Å². The number of nitrogens with one attached hydrogen (secondary N) is 1. The molecule has 0 spiro atoms. The van der Waals surface area contributed by atoms with Gasteiger partial charge >= 0.3 is 5.97 Å². The summed E-state index contributed by atoms with van der Waals surface area (Å²) in [7, 11) is 1.35. The lowest BCUT2D eigenvalue weighted by molar-refractivity contribution is -0.116. The molecule has 0 atom stereocenters. The van der Waals surface area contributed by atoms with Crippen LogP contribution >= 0.6 is 0 Å². The second-order valence-corrected chi connectivity index (χ2v) is 5.66. The van der Waals surface area contributed by atoms with Gasteiger partial charge < -0.3 is 10.1 Å². The van der Waals surface area contributed by atoms with Crippen molar-refractivity contribution in [2.24, 2.45) is 5.92 Å². The molecule has 0 aromatic heterocycles. The predicted octanol–water partition coefficient (Wildman–Crippen LogP) is 3.77. The molecule has 0 unspecified atom stereocenters. The van der Waals surface area contributed by atoms with Crippen LogP contribution in [-0.4, -0.2) is 19.0 Å². The Kier molecular flexibility index (Phi) is 5.78. The standard InChI is InChI=1S/C17H23NO3/c1-21-17(20)14-8-10-15(11-9-14)18-16(19)12-7-13-5-3-2-4-6-13/h8-11,13H,2-7,12H2,1H3,(H,18,19). The molecule has 1 fully saturated rings. The molecule has 0 aliphatic heterocycles. The summed E-state index contributed by atoms with van der Waals surface area (Å²) in [5.74, 6) is 0.391. The number of benzene rings is 1. The summed E-state index contributed by atoms with van der Waals surface area (Å²) >= 11 is 0. The van der Waals surface area contributed by atoms with Gasteiger partial charge in [-0.05, 0) is 36.6 Å². The van der Waals surface area contributed by atoms with Gasteiger partial charge in [0.25, 0.3) is 0 Å². The fraction of sp³-hybridized carbons (Fsp3) is 0.529. The molecule has 0 bridgehead atoms.